The zero-order valence-electron chi connectivity index (χ0n) is 17.8. The second kappa shape index (κ2) is 10.5. The number of benzene rings is 2. The Balaban J connectivity index is 1.08. The van der Waals surface area contributed by atoms with Crippen LogP contribution in [-0.2, 0) is 29.0 Å². The van der Waals surface area contributed by atoms with E-state index in [9.17, 15) is 9.59 Å². The predicted molar refractivity (Wildman–Crippen MR) is 125 cm³/mol. The lowest BCUT2D eigenvalue weighted by Gasteiger charge is -2.29. The van der Waals surface area contributed by atoms with Crippen LogP contribution < -0.4 is 5.32 Å². The highest BCUT2D eigenvalue weighted by Crippen LogP contribution is 2.23. The Bertz CT molecular complexity index is 1010. The van der Waals surface area contributed by atoms with Gasteiger partial charge in [0, 0.05) is 32.5 Å². The van der Waals surface area contributed by atoms with Crippen molar-refractivity contribution in [2.45, 2.75) is 51.5 Å². The second-order valence-electron chi connectivity index (χ2n) is 8.07. The maximum atomic E-state index is 12.5. The molecule has 0 aliphatic carbocycles. The topological polar surface area (TPSA) is 62.3 Å². The van der Waals surface area contributed by atoms with Crippen LogP contribution in [0.15, 0.2) is 48.5 Å². The normalized spacial score (nSPS) is 13.2. The number of unbranched alkanes of at least 4 members (excludes halogenated alkanes) is 1. The van der Waals surface area contributed by atoms with Gasteiger partial charge in [0.15, 0.2) is 0 Å². The summed E-state index contributed by atoms with van der Waals surface area (Å²) in [7, 11) is 0. The molecule has 0 spiro atoms. The highest BCUT2D eigenvalue weighted by atomic mass is 32.1. The number of amides is 2. The summed E-state index contributed by atoms with van der Waals surface area (Å²) >= 11 is 1.74. The number of para-hydroxylation sites is 1. The molecule has 31 heavy (non-hydrogen) atoms. The molecule has 1 aromatic heterocycles. The van der Waals surface area contributed by atoms with E-state index in [1.165, 1.54) is 15.8 Å². The van der Waals surface area contributed by atoms with Crippen LogP contribution in [-0.4, -0.2) is 34.8 Å². The molecule has 0 unspecified atom stereocenters. The lowest BCUT2D eigenvalue weighted by atomic mass is 9.99. The van der Waals surface area contributed by atoms with E-state index in [4.69, 9.17) is 0 Å². The number of hydrogen-bond donors (Lipinski definition) is 1. The van der Waals surface area contributed by atoms with E-state index in [1.54, 1.807) is 11.3 Å². The summed E-state index contributed by atoms with van der Waals surface area (Å²) in [5.41, 5.74) is 3.66. The first kappa shape index (κ1) is 21.5. The Morgan fingerprint density at radius 1 is 0.968 bits per heavy atom. The number of carbonyl (C=O) groups is 2. The number of hydrogen-bond acceptors (Lipinski definition) is 4. The van der Waals surface area contributed by atoms with Gasteiger partial charge in [0.2, 0.25) is 11.8 Å². The SMILES string of the molecule is O=C(CCCCc1nc2ccccc2s1)NCCCC(=O)N1CCc2ccccc2C1. The van der Waals surface area contributed by atoms with Crippen LogP contribution in [0.2, 0.25) is 0 Å². The van der Waals surface area contributed by atoms with Crippen molar-refractivity contribution in [1.82, 2.24) is 15.2 Å². The highest BCUT2D eigenvalue weighted by Gasteiger charge is 2.19. The molecule has 1 aliphatic rings. The molecule has 0 fully saturated rings. The van der Waals surface area contributed by atoms with Crippen molar-refractivity contribution in [3.63, 3.8) is 0 Å². The van der Waals surface area contributed by atoms with Gasteiger partial charge >= 0.3 is 0 Å². The minimum Gasteiger partial charge on any atom is -0.356 e. The van der Waals surface area contributed by atoms with Gasteiger partial charge in [-0.1, -0.05) is 36.4 Å². The number of thiazole rings is 1. The number of aryl methyl sites for hydroxylation is 1. The standard InChI is InChI=1S/C25H29N3O2S/c29-23(12-5-6-13-24-27-21-10-3-4-11-22(21)31-24)26-16-7-14-25(30)28-17-15-19-8-1-2-9-20(19)18-28/h1-4,8-11H,5-7,12-18H2,(H,26,29). The smallest absolute Gasteiger partial charge is 0.222 e. The van der Waals surface area contributed by atoms with Gasteiger partial charge in [-0.25, -0.2) is 4.98 Å². The lowest BCUT2D eigenvalue weighted by Crippen LogP contribution is -2.36. The van der Waals surface area contributed by atoms with Crippen molar-refractivity contribution in [2.24, 2.45) is 0 Å². The van der Waals surface area contributed by atoms with E-state index in [0.717, 1.165) is 42.8 Å². The maximum absolute atomic E-state index is 12.5. The van der Waals surface area contributed by atoms with Crippen molar-refractivity contribution in [3.05, 3.63) is 64.7 Å². The molecule has 2 amide bonds. The number of nitrogens with one attached hydrogen (secondary N) is 1. The Hall–Kier alpha value is -2.73. The molecule has 1 aliphatic heterocycles. The van der Waals surface area contributed by atoms with Crippen LogP contribution >= 0.6 is 11.3 Å². The first-order valence-corrected chi connectivity index (χ1v) is 12.0. The molecule has 6 heteroatoms. The molecule has 1 N–H and O–H groups in total. The number of rotatable bonds is 9. The van der Waals surface area contributed by atoms with Crippen LogP contribution in [0.4, 0.5) is 0 Å². The van der Waals surface area contributed by atoms with Crippen molar-refractivity contribution < 1.29 is 9.59 Å². The number of aromatic nitrogens is 1. The fraction of sp³-hybridized carbons (Fsp3) is 0.400. The maximum Gasteiger partial charge on any atom is 0.222 e. The zero-order chi connectivity index (χ0) is 21.5. The molecule has 3 aromatic rings. The van der Waals surface area contributed by atoms with Gasteiger partial charge < -0.3 is 10.2 Å². The highest BCUT2D eigenvalue weighted by molar-refractivity contribution is 7.18. The Labute approximate surface area is 187 Å². The molecule has 5 nitrogen and oxygen atoms in total. The predicted octanol–water partition coefficient (Wildman–Crippen LogP) is 4.49. The Morgan fingerprint density at radius 3 is 2.65 bits per heavy atom. The molecule has 0 atom stereocenters. The first-order valence-electron chi connectivity index (χ1n) is 11.1. The minimum absolute atomic E-state index is 0.0728. The van der Waals surface area contributed by atoms with Crippen molar-refractivity contribution in [2.75, 3.05) is 13.1 Å². The van der Waals surface area contributed by atoms with Crippen LogP contribution in [0.3, 0.4) is 0 Å². The quantitative estimate of drug-likeness (QED) is 0.504. The number of carbonyl (C=O) groups excluding carboxylic acids is 2. The van der Waals surface area contributed by atoms with Gasteiger partial charge in [0.25, 0.3) is 0 Å². The fourth-order valence-electron chi connectivity index (χ4n) is 4.01. The summed E-state index contributed by atoms with van der Waals surface area (Å²) in [5, 5.41) is 4.09. The molecule has 0 bridgehead atoms. The Kier molecular flexibility index (Phi) is 7.30. The minimum atomic E-state index is 0.0728. The molecule has 4 rings (SSSR count). The first-order chi connectivity index (χ1) is 15.2. The van der Waals surface area contributed by atoms with E-state index in [-0.39, 0.29) is 11.8 Å². The molecular weight excluding hydrogens is 406 g/mol. The number of nitrogens with zero attached hydrogens (tertiary/aromatic N) is 2. The van der Waals surface area contributed by atoms with E-state index in [1.807, 2.05) is 29.2 Å². The van der Waals surface area contributed by atoms with Gasteiger partial charge in [-0.05, 0) is 55.4 Å². The zero-order valence-corrected chi connectivity index (χ0v) is 18.6. The average molecular weight is 436 g/mol. The molecule has 162 valence electrons. The average Bonchev–Trinajstić information content (AvgIpc) is 3.22. The van der Waals surface area contributed by atoms with Gasteiger partial charge in [-0.2, -0.15) is 0 Å². The van der Waals surface area contributed by atoms with E-state index in [0.29, 0.717) is 32.4 Å². The summed E-state index contributed by atoms with van der Waals surface area (Å²) in [6, 6.07) is 16.5. The summed E-state index contributed by atoms with van der Waals surface area (Å²) in [6.45, 7) is 2.06. The van der Waals surface area contributed by atoms with Crippen LogP contribution in [0.1, 0.15) is 48.2 Å². The third-order valence-electron chi connectivity index (χ3n) is 5.76. The molecule has 2 heterocycles. The van der Waals surface area contributed by atoms with Gasteiger partial charge in [0.1, 0.15) is 0 Å². The molecular formula is C25H29N3O2S. The van der Waals surface area contributed by atoms with E-state index < -0.39 is 0 Å². The van der Waals surface area contributed by atoms with Gasteiger partial charge in [-0.15, -0.1) is 11.3 Å². The lowest BCUT2D eigenvalue weighted by molar-refractivity contribution is -0.132. The third kappa shape index (κ3) is 5.91. The van der Waals surface area contributed by atoms with Crippen LogP contribution in [0.5, 0.6) is 0 Å². The summed E-state index contributed by atoms with van der Waals surface area (Å²) in [6.07, 6.45) is 5.36. The monoisotopic (exact) mass is 435 g/mol. The fourth-order valence-corrected chi connectivity index (χ4v) is 5.02. The van der Waals surface area contributed by atoms with Gasteiger partial charge in [0.05, 0.1) is 15.2 Å². The van der Waals surface area contributed by atoms with Crippen molar-refractivity contribution in [3.8, 4) is 0 Å². The Morgan fingerprint density at radius 2 is 1.77 bits per heavy atom. The molecule has 0 radical (unpaired) electrons. The van der Waals surface area contributed by atoms with E-state index >= 15 is 0 Å². The third-order valence-corrected chi connectivity index (χ3v) is 6.85. The summed E-state index contributed by atoms with van der Waals surface area (Å²) < 4.78 is 1.22. The van der Waals surface area contributed by atoms with E-state index in [2.05, 4.69) is 34.6 Å². The molecule has 2 aromatic carbocycles. The van der Waals surface area contributed by atoms with Crippen LogP contribution in [0, 0.1) is 0 Å². The van der Waals surface area contributed by atoms with Crippen molar-refractivity contribution in [1.29, 1.82) is 0 Å². The van der Waals surface area contributed by atoms with Crippen molar-refractivity contribution >= 4 is 33.4 Å². The molecule has 0 saturated heterocycles. The summed E-state index contributed by atoms with van der Waals surface area (Å²) in [5.74, 6) is 0.253. The van der Waals surface area contributed by atoms with Crippen LogP contribution in [0.25, 0.3) is 10.2 Å². The molecule has 0 saturated carbocycles. The van der Waals surface area contributed by atoms with Gasteiger partial charge in [-0.3, -0.25) is 9.59 Å². The second-order valence-corrected chi connectivity index (χ2v) is 9.19. The summed E-state index contributed by atoms with van der Waals surface area (Å²) in [4.78, 5) is 31.1. The largest absolute Gasteiger partial charge is 0.356 e. The number of fused-ring (bicyclic) bond motifs is 2.